The van der Waals surface area contributed by atoms with E-state index in [1.807, 2.05) is 30.3 Å². The maximum atomic E-state index is 11.9. The Labute approximate surface area is 129 Å². The molecule has 22 heavy (non-hydrogen) atoms. The summed E-state index contributed by atoms with van der Waals surface area (Å²) in [5.41, 5.74) is 0.838. The van der Waals surface area contributed by atoms with Gasteiger partial charge in [-0.05, 0) is 11.5 Å². The summed E-state index contributed by atoms with van der Waals surface area (Å²) < 4.78 is 0. The molecule has 6 nitrogen and oxygen atoms in total. The standard InChI is InChI=1S/C16H19N3O3/c1-11(2)14(16(21)22)19-15(20)13(8-17)10-18-9-12-6-4-3-5-7-12/h3-7,10-11,14,18H,9H2,1-2H3,(H,19,20)(H,21,22)/b13-10-. The molecule has 6 heteroatoms. The number of carboxylic acid groups (broad SMARTS) is 1. The van der Waals surface area contributed by atoms with Crippen molar-refractivity contribution in [1.29, 1.82) is 5.26 Å². The van der Waals surface area contributed by atoms with Crippen LogP contribution in [0.5, 0.6) is 0 Å². The van der Waals surface area contributed by atoms with E-state index in [1.54, 1.807) is 19.9 Å². The van der Waals surface area contributed by atoms with E-state index < -0.39 is 17.9 Å². The van der Waals surface area contributed by atoms with Gasteiger partial charge in [-0.15, -0.1) is 0 Å². The lowest BCUT2D eigenvalue weighted by Gasteiger charge is -2.17. The van der Waals surface area contributed by atoms with E-state index in [0.29, 0.717) is 6.54 Å². The predicted octanol–water partition coefficient (Wildman–Crippen LogP) is 1.41. The summed E-state index contributed by atoms with van der Waals surface area (Å²) in [7, 11) is 0. The quantitative estimate of drug-likeness (QED) is 0.522. The van der Waals surface area contributed by atoms with Gasteiger partial charge in [-0.3, -0.25) is 4.79 Å². The number of benzene rings is 1. The number of hydrogen-bond donors (Lipinski definition) is 3. The highest BCUT2D eigenvalue weighted by Crippen LogP contribution is 2.04. The average Bonchev–Trinajstić information content (AvgIpc) is 2.49. The van der Waals surface area contributed by atoms with E-state index in [2.05, 4.69) is 10.6 Å². The van der Waals surface area contributed by atoms with Crippen LogP contribution in [0.25, 0.3) is 0 Å². The molecule has 0 spiro atoms. The second kappa shape index (κ2) is 8.47. The number of carboxylic acids is 1. The fraction of sp³-hybridized carbons (Fsp3) is 0.312. The van der Waals surface area contributed by atoms with Gasteiger partial charge < -0.3 is 15.7 Å². The molecule has 0 aliphatic carbocycles. The number of rotatable bonds is 7. The van der Waals surface area contributed by atoms with E-state index in [1.165, 1.54) is 6.20 Å². The monoisotopic (exact) mass is 301 g/mol. The van der Waals surface area contributed by atoms with Crippen LogP contribution in [-0.2, 0) is 16.1 Å². The fourth-order valence-corrected chi connectivity index (χ4v) is 1.75. The number of hydrogen-bond acceptors (Lipinski definition) is 4. The number of amides is 1. The Morgan fingerprint density at radius 3 is 2.45 bits per heavy atom. The van der Waals surface area contributed by atoms with Gasteiger partial charge in [0.2, 0.25) is 0 Å². The third-order valence-corrected chi connectivity index (χ3v) is 2.98. The van der Waals surface area contributed by atoms with Crippen LogP contribution in [0.1, 0.15) is 19.4 Å². The Morgan fingerprint density at radius 1 is 1.32 bits per heavy atom. The molecular weight excluding hydrogens is 282 g/mol. The van der Waals surface area contributed by atoms with Gasteiger partial charge in [-0.2, -0.15) is 5.26 Å². The summed E-state index contributed by atoms with van der Waals surface area (Å²) in [6.07, 6.45) is 1.29. The van der Waals surface area contributed by atoms with E-state index in [4.69, 9.17) is 10.4 Å². The number of aliphatic carboxylic acids is 1. The molecule has 0 aliphatic heterocycles. The molecule has 0 bridgehead atoms. The molecule has 1 aromatic rings. The Morgan fingerprint density at radius 2 is 1.95 bits per heavy atom. The Bertz CT molecular complexity index is 588. The highest BCUT2D eigenvalue weighted by atomic mass is 16.4. The zero-order valence-electron chi connectivity index (χ0n) is 12.5. The van der Waals surface area contributed by atoms with Gasteiger partial charge in [-0.1, -0.05) is 44.2 Å². The van der Waals surface area contributed by atoms with Crippen LogP contribution >= 0.6 is 0 Å². The fourth-order valence-electron chi connectivity index (χ4n) is 1.75. The van der Waals surface area contributed by atoms with Crippen LogP contribution in [0.15, 0.2) is 42.1 Å². The van der Waals surface area contributed by atoms with Crippen LogP contribution in [0.2, 0.25) is 0 Å². The minimum Gasteiger partial charge on any atom is -0.480 e. The molecule has 0 saturated carbocycles. The predicted molar refractivity (Wildman–Crippen MR) is 81.4 cm³/mol. The molecule has 0 aliphatic rings. The van der Waals surface area contributed by atoms with Crippen molar-refractivity contribution in [2.45, 2.75) is 26.4 Å². The zero-order chi connectivity index (χ0) is 16.5. The number of nitriles is 1. The van der Waals surface area contributed by atoms with E-state index in [9.17, 15) is 9.59 Å². The van der Waals surface area contributed by atoms with Crippen molar-refractivity contribution >= 4 is 11.9 Å². The lowest BCUT2D eigenvalue weighted by Crippen LogP contribution is -2.44. The summed E-state index contributed by atoms with van der Waals surface area (Å²) in [5, 5.41) is 23.3. The molecule has 1 aromatic carbocycles. The summed E-state index contributed by atoms with van der Waals surface area (Å²) in [4.78, 5) is 23.0. The smallest absolute Gasteiger partial charge is 0.326 e. The molecule has 0 aromatic heterocycles. The largest absolute Gasteiger partial charge is 0.480 e. The minimum absolute atomic E-state index is 0.164. The van der Waals surface area contributed by atoms with Crippen molar-refractivity contribution in [2.24, 2.45) is 5.92 Å². The molecule has 0 fully saturated rings. The van der Waals surface area contributed by atoms with Crippen molar-refractivity contribution in [3.8, 4) is 6.07 Å². The molecule has 116 valence electrons. The SMILES string of the molecule is CC(C)C(NC(=O)/C(C#N)=C\NCc1ccccc1)C(=O)O. The number of carbonyl (C=O) groups excluding carboxylic acids is 1. The lowest BCUT2D eigenvalue weighted by atomic mass is 10.0. The van der Waals surface area contributed by atoms with Crippen molar-refractivity contribution in [1.82, 2.24) is 10.6 Å². The first-order chi connectivity index (χ1) is 10.5. The van der Waals surface area contributed by atoms with Crippen molar-refractivity contribution < 1.29 is 14.7 Å². The summed E-state index contributed by atoms with van der Waals surface area (Å²) >= 11 is 0. The molecular formula is C16H19N3O3. The third kappa shape index (κ3) is 5.29. The van der Waals surface area contributed by atoms with Gasteiger partial charge in [0.15, 0.2) is 0 Å². The van der Waals surface area contributed by atoms with Crippen LogP contribution in [-0.4, -0.2) is 23.0 Å². The van der Waals surface area contributed by atoms with E-state index in [0.717, 1.165) is 5.56 Å². The molecule has 0 saturated heterocycles. The molecule has 0 heterocycles. The van der Waals surface area contributed by atoms with Crippen molar-refractivity contribution in [3.05, 3.63) is 47.7 Å². The zero-order valence-corrected chi connectivity index (χ0v) is 12.5. The van der Waals surface area contributed by atoms with Crippen LogP contribution in [0.4, 0.5) is 0 Å². The van der Waals surface area contributed by atoms with Crippen LogP contribution in [0.3, 0.4) is 0 Å². The second-order valence-electron chi connectivity index (χ2n) is 5.07. The topological polar surface area (TPSA) is 102 Å². The summed E-state index contributed by atoms with van der Waals surface area (Å²) in [5.74, 6) is -2.11. The highest BCUT2D eigenvalue weighted by molar-refractivity contribution is 5.99. The van der Waals surface area contributed by atoms with E-state index in [-0.39, 0.29) is 11.5 Å². The first kappa shape index (κ1) is 17.2. The van der Waals surface area contributed by atoms with Gasteiger partial charge in [0, 0.05) is 12.7 Å². The minimum atomic E-state index is -1.13. The molecule has 3 N–H and O–H groups in total. The Balaban J connectivity index is 2.66. The molecule has 0 radical (unpaired) electrons. The third-order valence-electron chi connectivity index (χ3n) is 2.98. The van der Waals surface area contributed by atoms with Crippen molar-refractivity contribution in [3.63, 3.8) is 0 Å². The highest BCUT2D eigenvalue weighted by Gasteiger charge is 2.24. The first-order valence-electron chi connectivity index (χ1n) is 6.87. The van der Waals surface area contributed by atoms with Gasteiger partial charge in [0.25, 0.3) is 5.91 Å². The number of carbonyl (C=O) groups is 2. The van der Waals surface area contributed by atoms with Crippen LogP contribution in [0, 0.1) is 17.2 Å². The molecule has 1 rings (SSSR count). The van der Waals surface area contributed by atoms with Gasteiger partial charge in [-0.25, -0.2) is 4.79 Å². The summed E-state index contributed by atoms with van der Waals surface area (Å²) in [6.45, 7) is 3.83. The van der Waals surface area contributed by atoms with Crippen molar-refractivity contribution in [2.75, 3.05) is 0 Å². The second-order valence-corrected chi connectivity index (χ2v) is 5.07. The first-order valence-corrected chi connectivity index (χ1v) is 6.87. The van der Waals surface area contributed by atoms with Gasteiger partial charge >= 0.3 is 5.97 Å². The number of nitrogens with one attached hydrogen (secondary N) is 2. The Kier molecular flexibility index (Phi) is 6.64. The van der Waals surface area contributed by atoms with Gasteiger partial charge in [0.05, 0.1) is 0 Å². The molecule has 1 unspecified atom stereocenters. The molecule has 1 amide bonds. The van der Waals surface area contributed by atoms with Crippen LogP contribution < -0.4 is 10.6 Å². The maximum absolute atomic E-state index is 11.9. The average molecular weight is 301 g/mol. The van der Waals surface area contributed by atoms with E-state index >= 15 is 0 Å². The normalized spacial score (nSPS) is 12.4. The number of nitrogens with zero attached hydrogens (tertiary/aromatic N) is 1. The molecule has 1 atom stereocenters. The Hall–Kier alpha value is -2.81. The lowest BCUT2D eigenvalue weighted by molar-refractivity contribution is -0.142. The summed E-state index contributed by atoms with van der Waals surface area (Å²) in [6, 6.07) is 10.2. The maximum Gasteiger partial charge on any atom is 0.326 e. The van der Waals surface area contributed by atoms with Gasteiger partial charge in [0.1, 0.15) is 17.7 Å².